The third-order valence-electron chi connectivity index (χ3n) is 4.16. The molecule has 0 aliphatic carbocycles. The number of carbonyl (C=O) groups is 1. The minimum absolute atomic E-state index is 0.0483. The maximum Gasteiger partial charge on any atom is 0.257 e. The van der Waals surface area contributed by atoms with Gasteiger partial charge in [0.25, 0.3) is 5.91 Å². The van der Waals surface area contributed by atoms with Crippen LogP contribution < -0.4 is 15.5 Å². The highest BCUT2D eigenvalue weighted by Crippen LogP contribution is 2.33. The normalized spacial score (nSPS) is 15.8. The van der Waals surface area contributed by atoms with Crippen molar-refractivity contribution >= 4 is 28.4 Å². The molecule has 0 fully saturated rings. The number of benzene rings is 1. The highest BCUT2D eigenvalue weighted by molar-refractivity contribution is 6.35. The minimum Gasteiger partial charge on any atom is -0.487 e. The van der Waals surface area contributed by atoms with Crippen molar-refractivity contribution in [1.82, 2.24) is 9.88 Å². The molecule has 2 aromatic heterocycles. The van der Waals surface area contributed by atoms with Crippen molar-refractivity contribution < 1.29 is 13.9 Å². The molecule has 4 rings (SSSR count). The van der Waals surface area contributed by atoms with E-state index in [1.807, 2.05) is 11.5 Å². The Morgan fingerprint density at radius 1 is 1.40 bits per heavy atom. The number of nitrogens with zero attached hydrogens (tertiary/aromatic N) is 1. The van der Waals surface area contributed by atoms with Crippen molar-refractivity contribution in [2.24, 2.45) is 0 Å². The molecule has 3 aromatic rings. The van der Waals surface area contributed by atoms with Gasteiger partial charge in [-0.15, -0.1) is 0 Å². The van der Waals surface area contributed by atoms with Crippen LogP contribution in [0.25, 0.3) is 10.9 Å². The maximum atomic E-state index is 12.8. The average molecular weight is 359 g/mol. The van der Waals surface area contributed by atoms with E-state index in [4.69, 9.17) is 20.8 Å². The molecule has 0 bridgehead atoms. The lowest BCUT2D eigenvalue weighted by molar-refractivity contribution is 0.0945. The van der Waals surface area contributed by atoms with Gasteiger partial charge in [-0.3, -0.25) is 9.59 Å². The number of nitrogens with one attached hydrogen (secondary N) is 1. The van der Waals surface area contributed by atoms with E-state index in [2.05, 4.69) is 5.32 Å². The molecule has 1 aliphatic rings. The Kier molecular flexibility index (Phi) is 3.77. The predicted molar refractivity (Wildman–Crippen MR) is 93.2 cm³/mol. The highest BCUT2D eigenvalue weighted by Gasteiger charge is 2.24. The van der Waals surface area contributed by atoms with Crippen molar-refractivity contribution in [1.29, 1.82) is 0 Å². The molecular weight excluding hydrogens is 344 g/mol. The van der Waals surface area contributed by atoms with Crippen molar-refractivity contribution in [3.05, 3.63) is 63.3 Å². The van der Waals surface area contributed by atoms with Gasteiger partial charge in [0.05, 0.1) is 35.3 Å². The first-order valence-electron chi connectivity index (χ1n) is 7.87. The number of ether oxygens (including phenoxy) is 1. The van der Waals surface area contributed by atoms with Crippen LogP contribution in [0.1, 0.15) is 23.0 Å². The smallest absolute Gasteiger partial charge is 0.257 e. The Labute approximate surface area is 148 Å². The molecule has 1 aliphatic heterocycles. The first kappa shape index (κ1) is 15.8. The fraction of sp³-hybridized carbons (Fsp3) is 0.222. The Bertz CT molecular complexity index is 1020. The second kappa shape index (κ2) is 5.97. The molecule has 25 heavy (non-hydrogen) atoms. The van der Waals surface area contributed by atoms with Gasteiger partial charge in [-0.25, -0.2) is 0 Å². The molecule has 7 heteroatoms. The predicted octanol–water partition coefficient (Wildman–Crippen LogP) is 2.96. The maximum absolute atomic E-state index is 12.8. The Balaban J connectivity index is 1.80. The monoisotopic (exact) mass is 358 g/mol. The first-order valence-corrected chi connectivity index (χ1v) is 8.25. The van der Waals surface area contributed by atoms with Crippen LogP contribution in [-0.2, 0) is 13.1 Å². The number of pyridine rings is 1. The number of rotatable bonds is 3. The zero-order valence-electron chi connectivity index (χ0n) is 13.4. The topological polar surface area (TPSA) is 73.5 Å². The van der Waals surface area contributed by atoms with Gasteiger partial charge in [-0.2, -0.15) is 0 Å². The lowest BCUT2D eigenvalue weighted by Crippen LogP contribution is -2.32. The van der Waals surface area contributed by atoms with E-state index in [0.717, 1.165) is 0 Å². The summed E-state index contributed by atoms with van der Waals surface area (Å²) in [6.45, 7) is 2.66. The number of hydrogen-bond donors (Lipinski definition) is 1. The summed E-state index contributed by atoms with van der Waals surface area (Å²) in [4.78, 5) is 25.4. The van der Waals surface area contributed by atoms with Crippen LogP contribution >= 0.6 is 11.6 Å². The van der Waals surface area contributed by atoms with Gasteiger partial charge in [-0.1, -0.05) is 11.6 Å². The third kappa shape index (κ3) is 2.68. The van der Waals surface area contributed by atoms with Gasteiger partial charge in [0.1, 0.15) is 23.2 Å². The van der Waals surface area contributed by atoms with Gasteiger partial charge >= 0.3 is 0 Å². The molecule has 0 radical (unpaired) electrons. The van der Waals surface area contributed by atoms with Crippen molar-refractivity contribution in [3.63, 3.8) is 0 Å². The van der Waals surface area contributed by atoms with Crippen molar-refractivity contribution in [3.8, 4) is 5.75 Å². The molecule has 0 saturated heterocycles. The molecule has 1 amide bonds. The zero-order valence-corrected chi connectivity index (χ0v) is 14.2. The Morgan fingerprint density at radius 2 is 2.24 bits per heavy atom. The number of amides is 1. The van der Waals surface area contributed by atoms with E-state index in [0.29, 0.717) is 34.0 Å². The summed E-state index contributed by atoms with van der Waals surface area (Å²) >= 11 is 6.24. The van der Waals surface area contributed by atoms with Crippen molar-refractivity contribution in [2.45, 2.75) is 26.1 Å². The van der Waals surface area contributed by atoms with Gasteiger partial charge in [-0.05, 0) is 31.2 Å². The fourth-order valence-corrected chi connectivity index (χ4v) is 3.31. The average Bonchev–Trinajstić information content (AvgIpc) is 3.10. The molecule has 0 spiro atoms. The number of furan rings is 1. The summed E-state index contributed by atoms with van der Waals surface area (Å²) < 4.78 is 12.8. The van der Waals surface area contributed by atoms with E-state index >= 15 is 0 Å². The Hall–Kier alpha value is -2.73. The largest absolute Gasteiger partial charge is 0.487 e. The van der Waals surface area contributed by atoms with E-state index in [-0.39, 0.29) is 18.2 Å². The van der Waals surface area contributed by atoms with E-state index < -0.39 is 11.3 Å². The molecule has 128 valence electrons. The van der Waals surface area contributed by atoms with Crippen LogP contribution in [0.15, 0.2) is 45.9 Å². The van der Waals surface area contributed by atoms with Crippen LogP contribution in [0.4, 0.5) is 0 Å². The standard InChI is InChI=1S/C18H15ClN2O4/c1-10-8-21-9-12(18(23)20-7-11-3-2-6-24-11)17(22)15-13(19)4-5-14(25-10)16(15)21/h2-6,9-10H,7-8H2,1H3,(H,20,23)/t10-/m1/s1. The molecule has 0 saturated carbocycles. The van der Waals surface area contributed by atoms with Gasteiger partial charge in [0.2, 0.25) is 5.43 Å². The molecule has 3 heterocycles. The van der Waals surface area contributed by atoms with Crippen LogP contribution in [0.3, 0.4) is 0 Å². The quantitative estimate of drug-likeness (QED) is 0.781. The highest BCUT2D eigenvalue weighted by atomic mass is 35.5. The lowest BCUT2D eigenvalue weighted by atomic mass is 10.1. The number of carbonyl (C=O) groups excluding carboxylic acids is 1. The van der Waals surface area contributed by atoms with E-state index in [1.165, 1.54) is 6.26 Å². The Morgan fingerprint density at radius 3 is 3.00 bits per heavy atom. The van der Waals surface area contributed by atoms with E-state index in [1.54, 1.807) is 30.5 Å². The summed E-state index contributed by atoms with van der Waals surface area (Å²) in [5, 5.41) is 3.31. The van der Waals surface area contributed by atoms with Gasteiger partial charge in [0.15, 0.2) is 0 Å². The molecule has 1 N–H and O–H groups in total. The third-order valence-corrected chi connectivity index (χ3v) is 4.48. The van der Waals surface area contributed by atoms with Crippen LogP contribution in [0.2, 0.25) is 5.02 Å². The van der Waals surface area contributed by atoms with Gasteiger partial charge in [0, 0.05) is 6.20 Å². The minimum atomic E-state index is -0.465. The summed E-state index contributed by atoms with van der Waals surface area (Å²) in [7, 11) is 0. The number of aromatic nitrogens is 1. The molecular formula is C18H15ClN2O4. The van der Waals surface area contributed by atoms with Crippen LogP contribution in [-0.4, -0.2) is 16.6 Å². The number of halogens is 1. The zero-order chi connectivity index (χ0) is 17.6. The lowest BCUT2D eigenvalue weighted by Gasteiger charge is -2.26. The molecule has 1 atom stereocenters. The van der Waals surface area contributed by atoms with Gasteiger partial charge < -0.3 is 19.0 Å². The summed E-state index contributed by atoms with van der Waals surface area (Å²) in [6.07, 6.45) is 3.03. The molecule has 0 unspecified atom stereocenters. The summed E-state index contributed by atoms with van der Waals surface area (Å²) in [5.74, 6) is 0.739. The first-order chi connectivity index (χ1) is 12.0. The fourth-order valence-electron chi connectivity index (χ4n) is 3.07. The van der Waals surface area contributed by atoms with E-state index in [9.17, 15) is 9.59 Å². The summed E-state index contributed by atoms with van der Waals surface area (Å²) in [6, 6.07) is 6.85. The summed E-state index contributed by atoms with van der Waals surface area (Å²) in [5.41, 5.74) is 0.263. The van der Waals surface area contributed by atoms with Crippen LogP contribution in [0, 0.1) is 0 Å². The second-order valence-corrected chi connectivity index (χ2v) is 6.39. The number of hydrogen-bond acceptors (Lipinski definition) is 4. The molecule has 6 nitrogen and oxygen atoms in total. The molecule has 1 aromatic carbocycles. The van der Waals surface area contributed by atoms with Crippen molar-refractivity contribution in [2.75, 3.05) is 0 Å². The second-order valence-electron chi connectivity index (χ2n) is 5.98. The SMILES string of the molecule is C[C@@H]1Cn2cc(C(=O)NCc3ccco3)c(=O)c3c(Cl)ccc(c32)O1. The van der Waals surface area contributed by atoms with Crippen LogP contribution in [0.5, 0.6) is 5.75 Å².